The van der Waals surface area contributed by atoms with Crippen LogP contribution in [-0.2, 0) is 0 Å². The highest BCUT2D eigenvalue weighted by molar-refractivity contribution is 6.25. The van der Waals surface area contributed by atoms with Crippen molar-refractivity contribution in [3.05, 3.63) is 127 Å². The molecule has 6 aromatic carbocycles. The number of hydrogen-bond acceptors (Lipinski definition) is 2. The standard InChI is InChI=1S/C36H21N3/c1-2-8-30-29(7-1)33-9-4-10-34(39(33)38-30)31-20-17-22-11-14-26(21-32(22)37-31)27-18-15-25-13-12-23-5-3-6-24-16-19-28(27)36(25)35(23)24/h1-21H. The smallest absolute Gasteiger partial charge is 0.0934 e. The summed E-state index contributed by atoms with van der Waals surface area (Å²) in [6.07, 6.45) is 0. The fraction of sp³-hybridized carbons (Fsp3) is 0. The second-order valence-corrected chi connectivity index (χ2v) is 10.3. The molecule has 3 aromatic heterocycles. The molecule has 39 heavy (non-hydrogen) atoms. The zero-order chi connectivity index (χ0) is 25.5. The summed E-state index contributed by atoms with van der Waals surface area (Å²) < 4.78 is 2.02. The molecule has 0 aliphatic carbocycles. The minimum absolute atomic E-state index is 0.911. The van der Waals surface area contributed by atoms with E-state index in [2.05, 4.69) is 121 Å². The average molecular weight is 496 g/mol. The minimum Gasteiger partial charge on any atom is -0.246 e. The van der Waals surface area contributed by atoms with E-state index in [1.54, 1.807) is 0 Å². The van der Waals surface area contributed by atoms with Gasteiger partial charge in [-0.15, -0.1) is 0 Å². The zero-order valence-corrected chi connectivity index (χ0v) is 21.0. The van der Waals surface area contributed by atoms with E-state index < -0.39 is 0 Å². The number of rotatable bonds is 2. The molecule has 3 heteroatoms. The van der Waals surface area contributed by atoms with Crippen molar-refractivity contribution in [2.75, 3.05) is 0 Å². The van der Waals surface area contributed by atoms with Gasteiger partial charge in [-0.05, 0) is 73.8 Å². The van der Waals surface area contributed by atoms with Gasteiger partial charge in [0.1, 0.15) is 0 Å². The van der Waals surface area contributed by atoms with Gasteiger partial charge in [0, 0.05) is 10.8 Å². The molecule has 0 bridgehead atoms. The SMILES string of the molecule is c1cc2ccc3ccc(-c4ccc5ccc(-c6cccc7c8ccccc8nn67)nc5c4)c4ccc(c1)c2c34. The molecule has 0 atom stereocenters. The van der Waals surface area contributed by atoms with Crippen molar-refractivity contribution in [1.82, 2.24) is 14.6 Å². The molecule has 0 saturated heterocycles. The summed E-state index contributed by atoms with van der Waals surface area (Å²) in [5.41, 5.74) is 7.36. The van der Waals surface area contributed by atoms with E-state index in [-0.39, 0.29) is 0 Å². The van der Waals surface area contributed by atoms with E-state index >= 15 is 0 Å². The molecule has 180 valence electrons. The Balaban J connectivity index is 1.25. The third-order valence-electron chi connectivity index (χ3n) is 8.15. The monoisotopic (exact) mass is 495 g/mol. The molecular weight excluding hydrogens is 474 g/mol. The molecular formula is C36H21N3. The van der Waals surface area contributed by atoms with Crippen LogP contribution in [0.4, 0.5) is 0 Å². The number of fused-ring (bicyclic) bond motifs is 4. The lowest BCUT2D eigenvalue weighted by atomic mass is 9.89. The first-order valence-electron chi connectivity index (χ1n) is 13.3. The molecule has 3 nitrogen and oxygen atoms in total. The first kappa shape index (κ1) is 20.7. The Hall–Kier alpha value is -5.28. The minimum atomic E-state index is 0.911. The number of hydrogen-bond donors (Lipinski definition) is 0. The molecule has 9 aromatic rings. The maximum atomic E-state index is 5.15. The van der Waals surface area contributed by atoms with Crippen molar-refractivity contribution < 1.29 is 0 Å². The van der Waals surface area contributed by atoms with Gasteiger partial charge in [0.25, 0.3) is 0 Å². The van der Waals surface area contributed by atoms with E-state index in [4.69, 9.17) is 10.1 Å². The molecule has 3 heterocycles. The molecule has 0 radical (unpaired) electrons. The van der Waals surface area contributed by atoms with Crippen LogP contribution in [0.5, 0.6) is 0 Å². The van der Waals surface area contributed by atoms with Gasteiger partial charge >= 0.3 is 0 Å². The van der Waals surface area contributed by atoms with Crippen LogP contribution in [0.15, 0.2) is 127 Å². The van der Waals surface area contributed by atoms with Crippen molar-refractivity contribution in [2.24, 2.45) is 0 Å². The summed E-state index contributed by atoms with van der Waals surface area (Å²) >= 11 is 0. The van der Waals surface area contributed by atoms with Crippen molar-refractivity contribution in [3.63, 3.8) is 0 Å². The summed E-state index contributed by atoms with van der Waals surface area (Å²) in [7, 11) is 0. The van der Waals surface area contributed by atoms with Crippen molar-refractivity contribution in [1.29, 1.82) is 0 Å². The maximum absolute atomic E-state index is 5.15. The highest BCUT2D eigenvalue weighted by Gasteiger charge is 2.14. The highest BCUT2D eigenvalue weighted by atomic mass is 15.2. The molecule has 0 saturated carbocycles. The Morgan fingerprint density at radius 2 is 1.23 bits per heavy atom. The van der Waals surface area contributed by atoms with Crippen LogP contribution in [0, 0.1) is 0 Å². The van der Waals surface area contributed by atoms with Crippen LogP contribution in [0.3, 0.4) is 0 Å². The van der Waals surface area contributed by atoms with E-state index in [0.29, 0.717) is 0 Å². The summed E-state index contributed by atoms with van der Waals surface area (Å²) in [5.74, 6) is 0. The predicted octanol–water partition coefficient (Wildman–Crippen LogP) is 9.27. The second kappa shape index (κ2) is 7.62. The topological polar surface area (TPSA) is 30.2 Å². The highest BCUT2D eigenvalue weighted by Crippen LogP contribution is 2.39. The first-order chi connectivity index (χ1) is 19.3. The van der Waals surface area contributed by atoms with Gasteiger partial charge in [-0.25, -0.2) is 9.50 Å². The van der Waals surface area contributed by atoms with Crippen molar-refractivity contribution >= 4 is 59.6 Å². The summed E-state index contributed by atoms with van der Waals surface area (Å²) in [6, 6.07) is 45.5. The van der Waals surface area contributed by atoms with Gasteiger partial charge in [0.15, 0.2) is 0 Å². The molecule has 9 rings (SSSR count). The van der Waals surface area contributed by atoms with Crippen LogP contribution < -0.4 is 0 Å². The Kier molecular flexibility index (Phi) is 4.05. The predicted molar refractivity (Wildman–Crippen MR) is 163 cm³/mol. The van der Waals surface area contributed by atoms with Crippen LogP contribution in [-0.4, -0.2) is 14.6 Å². The van der Waals surface area contributed by atoms with Crippen LogP contribution in [0.1, 0.15) is 0 Å². The van der Waals surface area contributed by atoms with E-state index in [0.717, 1.165) is 38.7 Å². The largest absolute Gasteiger partial charge is 0.246 e. The Morgan fingerprint density at radius 1 is 0.487 bits per heavy atom. The lowest BCUT2D eigenvalue weighted by molar-refractivity contribution is 0.984. The Labute approximate surface area is 223 Å². The van der Waals surface area contributed by atoms with Gasteiger partial charge in [-0.2, -0.15) is 5.10 Å². The molecule has 0 N–H and O–H groups in total. The normalized spacial score (nSPS) is 12.1. The second-order valence-electron chi connectivity index (χ2n) is 10.3. The lowest BCUT2D eigenvalue weighted by Gasteiger charge is -2.14. The number of pyridine rings is 2. The average Bonchev–Trinajstić information content (AvgIpc) is 3.38. The molecule has 0 amide bonds. The van der Waals surface area contributed by atoms with E-state index in [9.17, 15) is 0 Å². The molecule has 0 spiro atoms. The number of benzene rings is 6. The van der Waals surface area contributed by atoms with E-state index in [1.165, 1.54) is 43.4 Å². The van der Waals surface area contributed by atoms with Crippen molar-refractivity contribution in [2.45, 2.75) is 0 Å². The molecule has 0 fully saturated rings. The van der Waals surface area contributed by atoms with Gasteiger partial charge in [0.05, 0.1) is 27.9 Å². The molecule has 0 aliphatic heterocycles. The number of aromatic nitrogens is 3. The van der Waals surface area contributed by atoms with Gasteiger partial charge in [-0.3, -0.25) is 0 Å². The summed E-state index contributed by atoms with van der Waals surface area (Å²) in [5, 5.41) is 15.0. The van der Waals surface area contributed by atoms with Crippen molar-refractivity contribution in [3.8, 4) is 22.5 Å². The first-order valence-corrected chi connectivity index (χ1v) is 13.3. The molecule has 0 unspecified atom stereocenters. The Bertz CT molecular complexity index is 2380. The summed E-state index contributed by atoms with van der Waals surface area (Å²) in [4.78, 5) is 5.15. The van der Waals surface area contributed by atoms with Gasteiger partial charge in [-0.1, -0.05) is 97.1 Å². The van der Waals surface area contributed by atoms with Gasteiger partial charge in [0.2, 0.25) is 0 Å². The quantitative estimate of drug-likeness (QED) is 0.224. The zero-order valence-electron chi connectivity index (χ0n) is 21.0. The van der Waals surface area contributed by atoms with Gasteiger partial charge < -0.3 is 0 Å². The van der Waals surface area contributed by atoms with E-state index in [1.807, 2.05) is 10.6 Å². The molecule has 0 aliphatic rings. The van der Waals surface area contributed by atoms with Crippen LogP contribution in [0.2, 0.25) is 0 Å². The fourth-order valence-electron chi connectivity index (χ4n) is 6.31. The lowest BCUT2D eigenvalue weighted by Crippen LogP contribution is -1.95. The fourth-order valence-corrected chi connectivity index (χ4v) is 6.31. The van der Waals surface area contributed by atoms with Crippen LogP contribution >= 0.6 is 0 Å². The summed E-state index contributed by atoms with van der Waals surface area (Å²) in [6.45, 7) is 0. The third-order valence-corrected chi connectivity index (χ3v) is 8.15. The van der Waals surface area contributed by atoms with Crippen LogP contribution in [0.25, 0.3) is 82.2 Å². The number of nitrogens with zero attached hydrogens (tertiary/aromatic N) is 3. The third kappa shape index (κ3) is 2.93. The maximum Gasteiger partial charge on any atom is 0.0934 e. The Morgan fingerprint density at radius 3 is 2.15 bits per heavy atom.